The number of unbranched alkanes of at least 4 members (excludes halogenated alkanes) is 1. The molecule has 4 rings (SSSR count). The standard InChI is InChI=1S/C31H33F/c1-3-5-7-28-19-20-29-22-25(14-21-30(29)31(28)32)9-8-24-12-17-27(18-13-24)26-15-10-23(6-4-2)11-16-26/h4,12-14,17-23,26H,2-3,5-7,10-11,15-16H2,1H3. The van der Waals surface area contributed by atoms with E-state index in [0.717, 1.165) is 53.7 Å². The van der Waals surface area contributed by atoms with E-state index in [2.05, 4.69) is 55.7 Å². The number of hydrogen-bond acceptors (Lipinski definition) is 0. The predicted molar refractivity (Wildman–Crippen MR) is 134 cm³/mol. The highest BCUT2D eigenvalue weighted by Crippen LogP contribution is 2.37. The Hall–Kier alpha value is -2.85. The first kappa shape index (κ1) is 22.3. The van der Waals surface area contributed by atoms with Gasteiger partial charge in [-0.2, -0.15) is 0 Å². The minimum absolute atomic E-state index is 0.0791. The van der Waals surface area contributed by atoms with Crippen molar-refractivity contribution in [1.29, 1.82) is 0 Å². The molecule has 0 aromatic heterocycles. The Morgan fingerprint density at radius 2 is 1.66 bits per heavy atom. The van der Waals surface area contributed by atoms with Crippen molar-refractivity contribution in [3.05, 3.63) is 95.3 Å². The van der Waals surface area contributed by atoms with Crippen LogP contribution in [0.15, 0.2) is 67.3 Å². The third-order valence-electron chi connectivity index (χ3n) is 6.91. The van der Waals surface area contributed by atoms with Gasteiger partial charge in [-0.15, -0.1) is 6.58 Å². The van der Waals surface area contributed by atoms with Gasteiger partial charge < -0.3 is 0 Å². The van der Waals surface area contributed by atoms with Crippen molar-refractivity contribution in [2.45, 2.75) is 64.2 Å². The lowest BCUT2D eigenvalue weighted by Gasteiger charge is -2.28. The Kier molecular flexibility index (Phi) is 7.43. The molecule has 0 saturated heterocycles. The van der Waals surface area contributed by atoms with Gasteiger partial charge in [-0.1, -0.05) is 61.6 Å². The molecule has 1 aliphatic rings. The van der Waals surface area contributed by atoms with Crippen molar-refractivity contribution < 1.29 is 4.39 Å². The zero-order valence-electron chi connectivity index (χ0n) is 19.2. The van der Waals surface area contributed by atoms with E-state index in [0.29, 0.717) is 11.3 Å². The van der Waals surface area contributed by atoms with Crippen LogP contribution in [-0.2, 0) is 6.42 Å². The third-order valence-corrected chi connectivity index (χ3v) is 6.91. The minimum Gasteiger partial charge on any atom is -0.206 e. The van der Waals surface area contributed by atoms with E-state index < -0.39 is 0 Å². The monoisotopic (exact) mass is 424 g/mol. The summed E-state index contributed by atoms with van der Waals surface area (Å²) in [5.41, 5.74) is 4.19. The highest BCUT2D eigenvalue weighted by molar-refractivity contribution is 5.85. The van der Waals surface area contributed by atoms with E-state index >= 15 is 0 Å². The Morgan fingerprint density at radius 1 is 0.938 bits per heavy atom. The Labute approximate surface area is 192 Å². The first-order valence-corrected chi connectivity index (χ1v) is 12.1. The molecule has 1 saturated carbocycles. The van der Waals surface area contributed by atoms with Crippen LogP contribution in [0, 0.1) is 23.6 Å². The first-order valence-electron chi connectivity index (χ1n) is 12.1. The van der Waals surface area contributed by atoms with E-state index in [1.54, 1.807) is 0 Å². The fourth-order valence-electron chi connectivity index (χ4n) is 4.93. The Morgan fingerprint density at radius 3 is 2.38 bits per heavy atom. The van der Waals surface area contributed by atoms with Crippen molar-refractivity contribution in [2.75, 3.05) is 0 Å². The SMILES string of the molecule is C=CCC1CCC(c2ccc(C#Cc3ccc4c(F)c(CCCC)ccc4c3)cc2)CC1. The van der Waals surface area contributed by atoms with E-state index in [-0.39, 0.29) is 5.82 Å². The molecule has 0 aliphatic heterocycles. The topological polar surface area (TPSA) is 0 Å². The molecular weight excluding hydrogens is 391 g/mol. The van der Waals surface area contributed by atoms with Crippen LogP contribution < -0.4 is 0 Å². The van der Waals surface area contributed by atoms with Gasteiger partial charge in [0.25, 0.3) is 0 Å². The molecule has 0 atom stereocenters. The van der Waals surface area contributed by atoms with Crippen LogP contribution in [-0.4, -0.2) is 0 Å². The van der Waals surface area contributed by atoms with E-state index in [9.17, 15) is 4.39 Å². The normalized spacial score (nSPS) is 18.2. The van der Waals surface area contributed by atoms with Crippen LogP contribution in [0.25, 0.3) is 10.8 Å². The van der Waals surface area contributed by atoms with Gasteiger partial charge in [-0.25, -0.2) is 4.39 Å². The lowest BCUT2D eigenvalue weighted by molar-refractivity contribution is 0.328. The number of allylic oxidation sites excluding steroid dienone is 1. The third kappa shape index (κ3) is 5.31. The number of halogens is 1. The molecule has 3 aromatic carbocycles. The minimum atomic E-state index is -0.0791. The van der Waals surface area contributed by atoms with Crippen LogP contribution in [0.1, 0.15) is 80.0 Å². The summed E-state index contributed by atoms with van der Waals surface area (Å²) in [5.74, 6) is 7.96. The van der Waals surface area contributed by atoms with Crippen LogP contribution in [0.4, 0.5) is 4.39 Å². The summed E-state index contributed by atoms with van der Waals surface area (Å²) in [6.07, 6.45) is 11.3. The largest absolute Gasteiger partial charge is 0.206 e. The summed E-state index contributed by atoms with van der Waals surface area (Å²) in [5, 5.41) is 1.60. The van der Waals surface area contributed by atoms with Gasteiger partial charge >= 0.3 is 0 Å². The van der Waals surface area contributed by atoms with Crippen molar-refractivity contribution in [3.8, 4) is 11.8 Å². The summed E-state index contributed by atoms with van der Waals surface area (Å²) in [6, 6.07) is 18.5. The lowest BCUT2D eigenvalue weighted by Crippen LogP contribution is -2.12. The molecule has 0 bridgehead atoms. The van der Waals surface area contributed by atoms with Gasteiger partial charge in [0.1, 0.15) is 5.82 Å². The van der Waals surface area contributed by atoms with Gasteiger partial charge in [0.2, 0.25) is 0 Å². The molecular formula is C31H33F. The van der Waals surface area contributed by atoms with Crippen molar-refractivity contribution in [1.82, 2.24) is 0 Å². The Bertz CT molecular complexity index is 1120. The second kappa shape index (κ2) is 10.6. The maximum Gasteiger partial charge on any atom is 0.134 e. The molecule has 1 heteroatoms. The lowest BCUT2D eigenvalue weighted by atomic mass is 9.77. The van der Waals surface area contributed by atoms with Crippen LogP contribution in [0.5, 0.6) is 0 Å². The van der Waals surface area contributed by atoms with Gasteiger partial charge in [0, 0.05) is 16.5 Å². The van der Waals surface area contributed by atoms with Crippen LogP contribution in [0.3, 0.4) is 0 Å². The Balaban J connectivity index is 1.44. The van der Waals surface area contributed by atoms with Crippen LogP contribution >= 0.6 is 0 Å². The molecule has 0 radical (unpaired) electrons. The molecule has 3 aromatic rings. The highest BCUT2D eigenvalue weighted by Gasteiger charge is 2.21. The average Bonchev–Trinajstić information content (AvgIpc) is 2.83. The fourth-order valence-corrected chi connectivity index (χ4v) is 4.93. The molecule has 32 heavy (non-hydrogen) atoms. The molecule has 1 aliphatic carbocycles. The van der Waals surface area contributed by atoms with Gasteiger partial charge in [-0.3, -0.25) is 0 Å². The zero-order valence-corrected chi connectivity index (χ0v) is 19.2. The average molecular weight is 425 g/mol. The molecule has 0 nitrogen and oxygen atoms in total. The number of rotatable bonds is 6. The van der Waals surface area contributed by atoms with E-state index in [4.69, 9.17) is 0 Å². The van der Waals surface area contributed by atoms with Gasteiger partial charge in [-0.05, 0) is 97.6 Å². The molecule has 0 spiro atoms. The quantitative estimate of drug-likeness (QED) is 0.274. The number of fused-ring (bicyclic) bond motifs is 1. The van der Waals surface area contributed by atoms with Crippen LogP contribution in [0.2, 0.25) is 0 Å². The van der Waals surface area contributed by atoms with Crippen molar-refractivity contribution >= 4 is 10.8 Å². The molecule has 0 unspecified atom stereocenters. The zero-order chi connectivity index (χ0) is 22.3. The van der Waals surface area contributed by atoms with Gasteiger partial charge in [0.15, 0.2) is 0 Å². The number of benzene rings is 3. The maximum atomic E-state index is 14.8. The van der Waals surface area contributed by atoms with E-state index in [1.807, 2.05) is 30.3 Å². The van der Waals surface area contributed by atoms with Crippen molar-refractivity contribution in [2.24, 2.45) is 5.92 Å². The molecule has 164 valence electrons. The second-order valence-corrected chi connectivity index (χ2v) is 9.19. The van der Waals surface area contributed by atoms with Gasteiger partial charge in [0.05, 0.1) is 0 Å². The predicted octanol–water partition coefficient (Wildman–Crippen LogP) is 8.57. The summed E-state index contributed by atoms with van der Waals surface area (Å²) in [4.78, 5) is 0. The summed E-state index contributed by atoms with van der Waals surface area (Å²) in [7, 11) is 0. The van der Waals surface area contributed by atoms with Crippen molar-refractivity contribution in [3.63, 3.8) is 0 Å². The summed E-state index contributed by atoms with van der Waals surface area (Å²) in [6.45, 7) is 6.02. The maximum absolute atomic E-state index is 14.8. The fraction of sp³-hybridized carbons (Fsp3) is 0.355. The highest BCUT2D eigenvalue weighted by atomic mass is 19.1. The smallest absolute Gasteiger partial charge is 0.134 e. The molecule has 1 fully saturated rings. The number of aryl methyl sites for hydroxylation is 1. The second-order valence-electron chi connectivity index (χ2n) is 9.19. The number of hydrogen-bond donors (Lipinski definition) is 0. The summed E-state index contributed by atoms with van der Waals surface area (Å²) < 4.78 is 14.8. The molecule has 0 N–H and O–H groups in total. The summed E-state index contributed by atoms with van der Waals surface area (Å²) >= 11 is 0. The molecule has 0 heterocycles. The molecule has 0 amide bonds. The first-order chi connectivity index (χ1) is 15.7. The van der Waals surface area contributed by atoms with E-state index in [1.165, 1.54) is 31.2 Å².